The number of nitrogens with one attached hydrogen (secondary N) is 1. The Bertz CT molecular complexity index is 1020. The molecule has 0 saturated carbocycles. The van der Waals surface area contributed by atoms with Crippen LogP contribution in [-0.2, 0) is 0 Å². The number of fused-ring (bicyclic) bond motifs is 1. The van der Waals surface area contributed by atoms with Crippen LogP contribution in [0, 0.1) is 6.92 Å². The zero-order chi connectivity index (χ0) is 17.9. The summed E-state index contributed by atoms with van der Waals surface area (Å²) in [7, 11) is 0. The van der Waals surface area contributed by atoms with Gasteiger partial charge in [-0.15, -0.1) is 11.3 Å². The minimum absolute atomic E-state index is 0.389. The number of nitrogens with zero attached hydrogens (tertiary/aromatic N) is 2. The third-order valence-electron chi connectivity index (χ3n) is 4.28. The van der Waals surface area contributed by atoms with E-state index < -0.39 is 6.10 Å². The van der Waals surface area contributed by atoms with Crippen molar-refractivity contribution in [2.45, 2.75) is 13.0 Å². The second kappa shape index (κ2) is 7.23. The summed E-state index contributed by atoms with van der Waals surface area (Å²) in [6.45, 7) is 2.28. The summed E-state index contributed by atoms with van der Waals surface area (Å²) in [5.74, 6) is 1.48. The lowest BCUT2D eigenvalue weighted by Gasteiger charge is -2.14. The van der Waals surface area contributed by atoms with Gasteiger partial charge in [-0.05, 0) is 18.1 Å². The predicted molar refractivity (Wildman–Crippen MR) is 107 cm³/mol. The second-order valence-electron chi connectivity index (χ2n) is 6.12. The largest absolute Gasteiger partial charge is 0.387 e. The highest BCUT2D eigenvalue weighted by Gasteiger charge is 2.15. The van der Waals surface area contributed by atoms with E-state index in [4.69, 9.17) is 0 Å². The van der Waals surface area contributed by atoms with Crippen LogP contribution in [0.25, 0.3) is 21.3 Å². The maximum Gasteiger partial charge on any atom is 0.139 e. The average Bonchev–Trinajstić information content (AvgIpc) is 3.11. The first-order valence-corrected chi connectivity index (χ1v) is 9.38. The summed E-state index contributed by atoms with van der Waals surface area (Å²) in [5.41, 5.74) is 3.13. The number of aromatic nitrogens is 2. The van der Waals surface area contributed by atoms with Gasteiger partial charge in [0, 0.05) is 17.5 Å². The van der Waals surface area contributed by atoms with Crippen molar-refractivity contribution >= 4 is 27.4 Å². The van der Waals surface area contributed by atoms with Crippen LogP contribution in [0.5, 0.6) is 0 Å². The van der Waals surface area contributed by atoms with Crippen LogP contribution in [0.15, 0.2) is 66.0 Å². The normalized spacial score (nSPS) is 12.2. The van der Waals surface area contributed by atoms with Crippen LogP contribution in [-0.4, -0.2) is 21.6 Å². The maximum absolute atomic E-state index is 10.5. The highest BCUT2D eigenvalue weighted by molar-refractivity contribution is 7.17. The van der Waals surface area contributed by atoms with Gasteiger partial charge in [-0.1, -0.05) is 60.7 Å². The molecule has 26 heavy (non-hydrogen) atoms. The number of aryl methyl sites for hydroxylation is 1. The van der Waals surface area contributed by atoms with Gasteiger partial charge in [-0.3, -0.25) is 0 Å². The van der Waals surface area contributed by atoms with Crippen LogP contribution in [0.3, 0.4) is 0 Å². The highest BCUT2D eigenvalue weighted by Crippen LogP contribution is 2.37. The molecular formula is C21H19N3OS. The van der Waals surface area contributed by atoms with Gasteiger partial charge in [0.05, 0.1) is 11.5 Å². The first kappa shape index (κ1) is 16.7. The Labute approximate surface area is 156 Å². The van der Waals surface area contributed by atoms with Gasteiger partial charge in [0.1, 0.15) is 16.5 Å². The molecule has 0 unspecified atom stereocenters. The van der Waals surface area contributed by atoms with Crippen molar-refractivity contribution in [2.75, 3.05) is 11.9 Å². The van der Waals surface area contributed by atoms with E-state index in [9.17, 15) is 5.11 Å². The van der Waals surface area contributed by atoms with E-state index in [-0.39, 0.29) is 0 Å². The highest BCUT2D eigenvalue weighted by atomic mass is 32.1. The Hall–Kier alpha value is -2.76. The molecule has 5 heteroatoms. The third kappa shape index (κ3) is 3.31. The smallest absolute Gasteiger partial charge is 0.139 e. The van der Waals surface area contributed by atoms with Gasteiger partial charge in [-0.25, -0.2) is 9.97 Å². The SMILES string of the molecule is Cc1nc(NC[C@H](O)c2ccccc2)c2c(-c3ccccc3)csc2n1. The van der Waals surface area contributed by atoms with E-state index in [1.165, 1.54) is 0 Å². The fraction of sp³-hybridized carbons (Fsp3) is 0.143. The summed E-state index contributed by atoms with van der Waals surface area (Å²) in [4.78, 5) is 10.1. The van der Waals surface area contributed by atoms with Gasteiger partial charge in [0.15, 0.2) is 0 Å². The van der Waals surface area contributed by atoms with Crippen molar-refractivity contribution in [2.24, 2.45) is 0 Å². The Kier molecular flexibility index (Phi) is 4.65. The molecule has 0 bridgehead atoms. The van der Waals surface area contributed by atoms with E-state index >= 15 is 0 Å². The molecule has 0 spiro atoms. The van der Waals surface area contributed by atoms with Crippen LogP contribution in [0.4, 0.5) is 5.82 Å². The van der Waals surface area contributed by atoms with E-state index in [1.54, 1.807) is 11.3 Å². The van der Waals surface area contributed by atoms with Crippen LogP contribution >= 0.6 is 11.3 Å². The van der Waals surface area contributed by atoms with Crippen molar-refractivity contribution in [3.05, 3.63) is 77.4 Å². The standard InChI is InChI=1S/C21H19N3OS/c1-14-23-20(22-12-18(25)16-10-6-3-7-11-16)19-17(13-26-21(19)24-14)15-8-4-2-5-9-15/h2-11,13,18,25H,12H2,1H3,(H,22,23,24)/t18-/m0/s1. The molecule has 0 aliphatic heterocycles. The quantitative estimate of drug-likeness (QED) is 0.535. The number of benzene rings is 2. The zero-order valence-corrected chi connectivity index (χ0v) is 15.2. The molecule has 2 N–H and O–H groups in total. The van der Waals surface area contributed by atoms with Crippen molar-refractivity contribution in [1.29, 1.82) is 0 Å². The summed E-state index contributed by atoms with van der Waals surface area (Å²) in [6.07, 6.45) is -0.597. The molecule has 0 saturated heterocycles. The molecule has 0 fully saturated rings. The number of aliphatic hydroxyl groups is 1. The van der Waals surface area contributed by atoms with Gasteiger partial charge < -0.3 is 10.4 Å². The fourth-order valence-corrected chi connectivity index (χ4v) is 3.99. The number of rotatable bonds is 5. The van der Waals surface area contributed by atoms with Crippen LogP contribution in [0.2, 0.25) is 0 Å². The third-order valence-corrected chi connectivity index (χ3v) is 5.15. The van der Waals surface area contributed by atoms with Crippen molar-refractivity contribution < 1.29 is 5.11 Å². The maximum atomic E-state index is 10.5. The molecule has 2 aromatic heterocycles. The summed E-state index contributed by atoms with van der Waals surface area (Å²) in [5, 5.41) is 16.9. The molecule has 4 nitrogen and oxygen atoms in total. The summed E-state index contributed by atoms with van der Waals surface area (Å²) in [6, 6.07) is 19.9. The molecule has 0 radical (unpaired) electrons. The number of hydrogen-bond acceptors (Lipinski definition) is 5. The molecule has 1 atom stereocenters. The van der Waals surface area contributed by atoms with Crippen LogP contribution in [0.1, 0.15) is 17.5 Å². The Morgan fingerprint density at radius 3 is 2.42 bits per heavy atom. The molecule has 4 aromatic rings. The molecule has 2 aromatic carbocycles. The first-order chi connectivity index (χ1) is 12.7. The lowest BCUT2D eigenvalue weighted by molar-refractivity contribution is 0.191. The number of thiophene rings is 1. The van der Waals surface area contributed by atoms with Crippen molar-refractivity contribution in [3.63, 3.8) is 0 Å². The lowest BCUT2D eigenvalue weighted by atomic mass is 10.1. The molecule has 130 valence electrons. The average molecular weight is 361 g/mol. The molecular weight excluding hydrogens is 342 g/mol. The molecule has 4 rings (SSSR count). The van der Waals surface area contributed by atoms with E-state index in [2.05, 4.69) is 32.8 Å². The molecule has 0 aliphatic rings. The predicted octanol–water partition coefficient (Wildman–Crippen LogP) is 4.81. The van der Waals surface area contributed by atoms with Gasteiger partial charge >= 0.3 is 0 Å². The molecule has 0 amide bonds. The monoisotopic (exact) mass is 361 g/mol. The Balaban J connectivity index is 1.69. The molecule has 0 aliphatic carbocycles. The van der Waals surface area contributed by atoms with Crippen molar-refractivity contribution in [1.82, 2.24) is 9.97 Å². The summed E-state index contributed by atoms with van der Waals surface area (Å²) < 4.78 is 0. The van der Waals surface area contributed by atoms with Gasteiger partial charge in [0.25, 0.3) is 0 Å². The second-order valence-corrected chi connectivity index (χ2v) is 6.98. The Morgan fingerprint density at radius 1 is 1.00 bits per heavy atom. The Morgan fingerprint density at radius 2 is 1.69 bits per heavy atom. The van der Waals surface area contributed by atoms with E-state index in [0.717, 1.165) is 38.5 Å². The fourth-order valence-electron chi connectivity index (χ4n) is 2.99. The first-order valence-electron chi connectivity index (χ1n) is 8.50. The zero-order valence-electron chi connectivity index (χ0n) is 14.4. The minimum atomic E-state index is -0.597. The summed E-state index contributed by atoms with van der Waals surface area (Å²) >= 11 is 1.61. The number of hydrogen-bond donors (Lipinski definition) is 2. The van der Waals surface area contributed by atoms with Crippen LogP contribution < -0.4 is 5.32 Å². The minimum Gasteiger partial charge on any atom is -0.387 e. The van der Waals surface area contributed by atoms with E-state index in [0.29, 0.717) is 6.54 Å². The lowest BCUT2D eigenvalue weighted by Crippen LogP contribution is -2.13. The van der Waals surface area contributed by atoms with Gasteiger partial charge in [0.2, 0.25) is 0 Å². The van der Waals surface area contributed by atoms with Crippen molar-refractivity contribution in [3.8, 4) is 11.1 Å². The molecule has 2 heterocycles. The van der Waals surface area contributed by atoms with Gasteiger partial charge in [-0.2, -0.15) is 0 Å². The van der Waals surface area contributed by atoms with E-state index in [1.807, 2.05) is 55.5 Å². The topological polar surface area (TPSA) is 58.0 Å². The number of anilines is 1. The number of aliphatic hydroxyl groups excluding tert-OH is 1.